The fraction of sp³-hybridized carbons (Fsp3) is 0.714. The number of nitrogens with zero attached hydrogens (tertiary/aromatic N) is 2. The molecule has 2 atom stereocenters. The lowest BCUT2D eigenvalue weighted by molar-refractivity contribution is 0.0603. The van der Waals surface area contributed by atoms with Gasteiger partial charge in [-0.15, -0.1) is 0 Å². The summed E-state index contributed by atoms with van der Waals surface area (Å²) in [7, 11) is 1.36. The summed E-state index contributed by atoms with van der Waals surface area (Å²) in [5, 5.41) is 11.2. The SMILES string of the molecule is CCC(C)n1nc(NC2CCCNC2)c(C(=O)OC)c1N. The number of piperidine rings is 1. The van der Waals surface area contributed by atoms with E-state index in [4.69, 9.17) is 10.5 Å². The quantitative estimate of drug-likeness (QED) is 0.711. The first-order chi connectivity index (χ1) is 10.1. The van der Waals surface area contributed by atoms with Crippen LogP contribution < -0.4 is 16.4 Å². The number of rotatable bonds is 5. The normalized spacial score (nSPS) is 20.0. The van der Waals surface area contributed by atoms with Gasteiger partial charge in [0.2, 0.25) is 0 Å². The standard InChI is InChI=1S/C14H25N5O2/c1-4-9(2)19-12(15)11(14(20)21-3)13(18-19)17-10-6-5-7-16-8-10/h9-10,16H,4-8,15H2,1-3H3,(H,17,18). The molecule has 1 saturated heterocycles. The van der Waals surface area contributed by atoms with Gasteiger partial charge in [-0.2, -0.15) is 5.10 Å². The van der Waals surface area contributed by atoms with Crippen LogP contribution in [0.25, 0.3) is 0 Å². The topological polar surface area (TPSA) is 94.2 Å². The Hall–Kier alpha value is -1.76. The fourth-order valence-corrected chi connectivity index (χ4v) is 2.53. The summed E-state index contributed by atoms with van der Waals surface area (Å²) in [4.78, 5) is 12.0. The van der Waals surface area contributed by atoms with E-state index in [1.165, 1.54) is 7.11 Å². The van der Waals surface area contributed by atoms with Crippen molar-refractivity contribution in [1.82, 2.24) is 15.1 Å². The lowest BCUT2D eigenvalue weighted by Gasteiger charge is -2.24. The maximum absolute atomic E-state index is 12.0. The highest BCUT2D eigenvalue weighted by Gasteiger charge is 2.26. The van der Waals surface area contributed by atoms with E-state index in [-0.39, 0.29) is 12.1 Å². The summed E-state index contributed by atoms with van der Waals surface area (Å²) in [5.74, 6) is 0.434. The third kappa shape index (κ3) is 3.29. The molecule has 4 N–H and O–H groups in total. The Morgan fingerprint density at radius 1 is 1.67 bits per heavy atom. The Balaban J connectivity index is 2.30. The molecular weight excluding hydrogens is 270 g/mol. The largest absolute Gasteiger partial charge is 0.465 e. The number of esters is 1. The number of aromatic nitrogens is 2. The molecular formula is C14H25N5O2. The molecule has 0 spiro atoms. The van der Waals surface area contributed by atoms with Gasteiger partial charge >= 0.3 is 5.97 Å². The van der Waals surface area contributed by atoms with Crippen molar-refractivity contribution < 1.29 is 9.53 Å². The summed E-state index contributed by atoms with van der Waals surface area (Å²) in [6.07, 6.45) is 3.04. The van der Waals surface area contributed by atoms with Crippen LogP contribution in [0.5, 0.6) is 0 Å². The van der Waals surface area contributed by atoms with Gasteiger partial charge in [0.25, 0.3) is 0 Å². The van der Waals surface area contributed by atoms with Crippen LogP contribution in [0.2, 0.25) is 0 Å². The number of nitrogen functional groups attached to an aromatic ring is 1. The molecule has 2 heterocycles. The minimum Gasteiger partial charge on any atom is -0.465 e. The molecule has 118 valence electrons. The number of hydrogen-bond donors (Lipinski definition) is 3. The maximum Gasteiger partial charge on any atom is 0.345 e. The Kier molecular flexibility index (Phi) is 5.06. The number of ether oxygens (including phenoxy) is 1. The van der Waals surface area contributed by atoms with Crippen molar-refractivity contribution in [3.63, 3.8) is 0 Å². The molecule has 7 heteroatoms. The maximum atomic E-state index is 12.0. The average molecular weight is 295 g/mol. The molecule has 0 aromatic carbocycles. The van der Waals surface area contributed by atoms with E-state index in [0.717, 1.165) is 32.4 Å². The van der Waals surface area contributed by atoms with Gasteiger partial charge in [0.05, 0.1) is 13.2 Å². The lowest BCUT2D eigenvalue weighted by Crippen LogP contribution is -2.38. The van der Waals surface area contributed by atoms with Crippen LogP contribution in [0, 0.1) is 0 Å². The number of methoxy groups -OCH3 is 1. The molecule has 0 bridgehead atoms. The number of carbonyl (C=O) groups is 1. The zero-order chi connectivity index (χ0) is 15.4. The monoisotopic (exact) mass is 295 g/mol. The summed E-state index contributed by atoms with van der Waals surface area (Å²) in [6, 6.07) is 0.385. The zero-order valence-corrected chi connectivity index (χ0v) is 13.0. The van der Waals surface area contributed by atoms with Gasteiger partial charge in [-0.3, -0.25) is 0 Å². The highest BCUT2D eigenvalue weighted by Crippen LogP contribution is 2.27. The molecule has 1 aromatic rings. The molecule has 1 aliphatic heterocycles. The third-order valence-electron chi connectivity index (χ3n) is 3.98. The van der Waals surface area contributed by atoms with E-state index in [1.54, 1.807) is 4.68 Å². The zero-order valence-electron chi connectivity index (χ0n) is 13.0. The smallest absolute Gasteiger partial charge is 0.345 e. The van der Waals surface area contributed by atoms with Crippen molar-refractivity contribution in [2.45, 2.75) is 45.2 Å². The van der Waals surface area contributed by atoms with Crippen LogP contribution >= 0.6 is 0 Å². The third-order valence-corrected chi connectivity index (χ3v) is 3.98. The number of hydrogen-bond acceptors (Lipinski definition) is 6. The number of anilines is 2. The predicted octanol–water partition coefficient (Wildman–Crippen LogP) is 1.39. The molecule has 0 radical (unpaired) electrons. The second kappa shape index (κ2) is 6.80. The lowest BCUT2D eigenvalue weighted by atomic mass is 10.1. The average Bonchev–Trinajstić information content (AvgIpc) is 2.83. The highest BCUT2D eigenvalue weighted by atomic mass is 16.5. The molecule has 21 heavy (non-hydrogen) atoms. The minimum absolute atomic E-state index is 0.133. The molecule has 1 aliphatic rings. The van der Waals surface area contributed by atoms with Gasteiger partial charge in [0.1, 0.15) is 11.4 Å². The first-order valence-electron chi connectivity index (χ1n) is 7.52. The van der Waals surface area contributed by atoms with Crippen LogP contribution in [-0.2, 0) is 4.74 Å². The molecule has 1 aromatic heterocycles. The number of nitrogens with one attached hydrogen (secondary N) is 2. The van der Waals surface area contributed by atoms with Gasteiger partial charge < -0.3 is 21.1 Å². The van der Waals surface area contributed by atoms with E-state index in [0.29, 0.717) is 17.2 Å². The Morgan fingerprint density at radius 2 is 2.43 bits per heavy atom. The number of carbonyl (C=O) groups excluding carboxylic acids is 1. The molecule has 2 rings (SSSR count). The van der Waals surface area contributed by atoms with Crippen molar-refractivity contribution in [1.29, 1.82) is 0 Å². The first kappa shape index (κ1) is 15.6. The van der Waals surface area contributed by atoms with Gasteiger partial charge in [-0.25, -0.2) is 9.48 Å². The summed E-state index contributed by atoms with van der Waals surface area (Å²) >= 11 is 0. The summed E-state index contributed by atoms with van der Waals surface area (Å²) in [5.41, 5.74) is 6.44. The van der Waals surface area contributed by atoms with E-state index in [1.807, 2.05) is 6.92 Å². The predicted molar refractivity (Wildman–Crippen MR) is 82.5 cm³/mol. The Labute approximate surface area is 125 Å². The molecule has 1 fully saturated rings. The van der Waals surface area contributed by atoms with Gasteiger partial charge in [0, 0.05) is 12.6 Å². The van der Waals surface area contributed by atoms with E-state index in [9.17, 15) is 4.79 Å². The highest BCUT2D eigenvalue weighted by molar-refractivity contribution is 5.99. The summed E-state index contributed by atoms with van der Waals surface area (Å²) in [6.45, 7) is 5.97. The van der Waals surface area contributed by atoms with Crippen molar-refractivity contribution in [2.75, 3.05) is 31.2 Å². The second-order valence-electron chi connectivity index (χ2n) is 5.49. The Morgan fingerprint density at radius 3 is 3.00 bits per heavy atom. The molecule has 0 saturated carbocycles. The van der Waals surface area contributed by atoms with Crippen LogP contribution in [0.4, 0.5) is 11.6 Å². The van der Waals surface area contributed by atoms with Crippen LogP contribution in [0.3, 0.4) is 0 Å². The van der Waals surface area contributed by atoms with Crippen LogP contribution in [-0.4, -0.2) is 42.0 Å². The Bertz CT molecular complexity index is 494. The van der Waals surface area contributed by atoms with Gasteiger partial charge in [-0.05, 0) is 32.7 Å². The van der Waals surface area contributed by atoms with Crippen LogP contribution in [0.15, 0.2) is 0 Å². The molecule has 2 unspecified atom stereocenters. The van der Waals surface area contributed by atoms with E-state index in [2.05, 4.69) is 22.7 Å². The van der Waals surface area contributed by atoms with Crippen molar-refractivity contribution in [3.05, 3.63) is 5.56 Å². The van der Waals surface area contributed by atoms with Gasteiger partial charge in [0.15, 0.2) is 5.82 Å². The van der Waals surface area contributed by atoms with E-state index >= 15 is 0 Å². The molecule has 0 aliphatic carbocycles. The minimum atomic E-state index is -0.451. The van der Waals surface area contributed by atoms with Gasteiger partial charge in [-0.1, -0.05) is 6.92 Å². The molecule has 0 amide bonds. The van der Waals surface area contributed by atoms with Crippen molar-refractivity contribution in [2.24, 2.45) is 0 Å². The van der Waals surface area contributed by atoms with E-state index < -0.39 is 5.97 Å². The van der Waals surface area contributed by atoms with Crippen molar-refractivity contribution >= 4 is 17.6 Å². The van der Waals surface area contributed by atoms with Crippen LogP contribution in [0.1, 0.15) is 49.5 Å². The fourth-order valence-electron chi connectivity index (χ4n) is 2.53. The molecule has 7 nitrogen and oxygen atoms in total. The van der Waals surface area contributed by atoms with Crippen molar-refractivity contribution in [3.8, 4) is 0 Å². The summed E-state index contributed by atoms with van der Waals surface area (Å²) < 4.78 is 6.54. The number of nitrogens with two attached hydrogens (primary N) is 1. The second-order valence-corrected chi connectivity index (χ2v) is 5.49. The first-order valence-corrected chi connectivity index (χ1v) is 7.52.